The zero-order valence-electron chi connectivity index (χ0n) is 15.3. The molecule has 8 nitrogen and oxygen atoms in total. The lowest BCUT2D eigenvalue weighted by atomic mass is 10.1. The van der Waals surface area contributed by atoms with E-state index in [9.17, 15) is 22.8 Å². The summed E-state index contributed by atoms with van der Waals surface area (Å²) in [5.41, 5.74) is 0.273. The summed E-state index contributed by atoms with van der Waals surface area (Å²) in [4.78, 5) is 36.8. The van der Waals surface area contributed by atoms with E-state index in [4.69, 9.17) is 9.47 Å². The van der Waals surface area contributed by atoms with Crippen LogP contribution in [0.5, 0.6) is 0 Å². The SMILES string of the molecule is CCOC(=O)c1cc(CC)sc1NC(=O)COC(=O)C[C@@H]1CCS(=O)(=O)C1. The zero-order chi connectivity index (χ0) is 20.0. The second-order valence-corrected chi connectivity index (χ2v) is 9.58. The molecule has 2 rings (SSSR count). The van der Waals surface area contributed by atoms with Crippen molar-refractivity contribution in [3.05, 3.63) is 16.5 Å². The van der Waals surface area contributed by atoms with Crippen LogP contribution in [0, 0.1) is 5.92 Å². The molecule has 0 spiro atoms. The van der Waals surface area contributed by atoms with Gasteiger partial charge in [-0.2, -0.15) is 0 Å². The molecule has 1 aromatic rings. The van der Waals surface area contributed by atoms with Gasteiger partial charge in [0.25, 0.3) is 5.91 Å². The molecule has 1 aliphatic rings. The van der Waals surface area contributed by atoms with Gasteiger partial charge in [-0.1, -0.05) is 6.92 Å². The highest BCUT2D eigenvalue weighted by Crippen LogP contribution is 2.29. The van der Waals surface area contributed by atoms with Crippen LogP contribution in [-0.2, 0) is 35.3 Å². The molecule has 1 aliphatic heterocycles. The van der Waals surface area contributed by atoms with Gasteiger partial charge in [-0.25, -0.2) is 13.2 Å². The van der Waals surface area contributed by atoms with Crippen molar-refractivity contribution in [3.8, 4) is 0 Å². The molecular weight excluding hydrogens is 394 g/mol. The van der Waals surface area contributed by atoms with E-state index in [1.165, 1.54) is 11.3 Å². The summed E-state index contributed by atoms with van der Waals surface area (Å²) in [6.07, 6.45) is 1.10. The van der Waals surface area contributed by atoms with Crippen molar-refractivity contribution < 1.29 is 32.3 Å². The van der Waals surface area contributed by atoms with Crippen molar-refractivity contribution in [1.29, 1.82) is 0 Å². The maximum Gasteiger partial charge on any atom is 0.341 e. The molecule has 1 N–H and O–H groups in total. The molecule has 10 heteroatoms. The third-order valence-electron chi connectivity index (χ3n) is 4.03. The second kappa shape index (κ2) is 9.32. The van der Waals surface area contributed by atoms with Crippen molar-refractivity contribution in [2.75, 3.05) is 30.0 Å². The Labute approximate surface area is 162 Å². The minimum Gasteiger partial charge on any atom is -0.462 e. The van der Waals surface area contributed by atoms with Gasteiger partial charge in [-0.15, -0.1) is 11.3 Å². The number of anilines is 1. The number of carbonyl (C=O) groups is 3. The number of carbonyl (C=O) groups excluding carboxylic acids is 3. The van der Waals surface area contributed by atoms with Crippen LogP contribution in [0.15, 0.2) is 6.07 Å². The fourth-order valence-corrected chi connectivity index (χ4v) is 5.57. The van der Waals surface area contributed by atoms with Gasteiger partial charge >= 0.3 is 11.9 Å². The molecule has 27 heavy (non-hydrogen) atoms. The Hall–Kier alpha value is -1.94. The average molecular weight is 418 g/mol. The monoisotopic (exact) mass is 417 g/mol. The number of amides is 1. The van der Waals surface area contributed by atoms with Crippen molar-refractivity contribution >= 4 is 44.0 Å². The van der Waals surface area contributed by atoms with Crippen LogP contribution in [0.4, 0.5) is 5.00 Å². The van der Waals surface area contributed by atoms with E-state index in [0.717, 1.165) is 4.88 Å². The summed E-state index contributed by atoms with van der Waals surface area (Å²) in [5, 5.41) is 2.93. The number of hydrogen-bond donors (Lipinski definition) is 1. The fraction of sp³-hybridized carbons (Fsp3) is 0.588. The Kier molecular flexibility index (Phi) is 7.37. The molecule has 1 fully saturated rings. The van der Waals surface area contributed by atoms with Gasteiger partial charge in [0.1, 0.15) is 5.00 Å². The molecule has 1 atom stereocenters. The van der Waals surface area contributed by atoms with E-state index in [0.29, 0.717) is 17.8 Å². The number of ether oxygens (including phenoxy) is 2. The largest absolute Gasteiger partial charge is 0.462 e. The van der Waals surface area contributed by atoms with Crippen molar-refractivity contribution in [3.63, 3.8) is 0 Å². The topological polar surface area (TPSA) is 116 Å². The number of esters is 2. The first-order valence-electron chi connectivity index (χ1n) is 8.69. The van der Waals surface area contributed by atoms with Crippen molar-refractivity contribution in [1.82, 2.24) is 0 Å². The van der Waals surface area contributed by atoms with Crippen LogP contribution < -0.4 is 5.32 Å². The molecule has 0 bridgehead atoms. The highest BCUT2D eigenvalue weighted by molar-refractivity contribution is 7.91. The minimum atomic E-state index is -3.06. The highest BCUT2D eigenvalue weighted by Gasteiger charge is 2.30. The maximum atomic E-state index is 12.1. The Balaban J connectivity index is 1.87. The van der Waals surface area contributed by atoms with Crippen LogP contribution in [0.2, 0.25) is 0 Å². The van der Waals surface area contributed by atoms with Gasteiger partial charge in [-0.3, -0.25) is 9.59 Å². The molecule has 0 unspecified atom stereocenters. The van der Waals surface area contributed by atoms with Crippen LogP contribution in [0.3, 0.4) is 0 Å². The normalized spacial score (nSPS) is 18.1. The van der Waals surface area contributed by atoms with E-state index < -0.39 is 34.3 Å². The van der Waals surface area contributed by atoms with Crippen LogP contribution >= 0.6 is 11.3 Å². The summed E-state index contributed by atoms with van der Waals surface area (Å²) in [7, 11) is -3.06. The lowest BCUT2D eigenvalue weighted by Gasteiger charge is -2.09. The third kappa shape index (κ3) is 6.31. The van der Waals surface area contributed by atoms with Gasteiger partial charge in [0.2, 0.25) is 0 Å². The van der Waals surface area contributed by atoms with Gasteiger partial charge in [-0.05, 0) is 31.7 Å². The van der Waals surface area contributed by atoms with Gasteiger partial charge in [0.15, 0.2) is 16.4 Å². The number of thiophene rings is 1. The minimum absolute atomic E-state index is 0.0216. The van der Waals surface area contributed by atoms with E-state index in [2.05, 4.69) is 5.32 Å². The quantitative estimate of drug-likeness (QED) is 0.641. The van der Waals surface area contributed by atoms with E-state index in [1.807, 2.05) is 6.92 Å². The first-order valence-corrected chi connectivity index (χ1v) is 11.3. The first-order chi connectivity index (χ1) is 12.7. The maximum absolute atomic E-state index is 12.1. The van der Waals surface area contributed by atoms with Crippen LogP contribution in [0.1, 0.15) is 41.9 Å². The second-order valence-electron chi connectivity index (χ2n) is 6.21. The fourth-order valence-electron chi connectivity index (χ4n) is 2.71. The molecular formula is C17H23NO7S2. The number of aryl methyl sites for hydroxylation is 1. The number of hydrogen-bond acceptors (Lipinski definition) is 8. The van der Waals surface area contributed by atoms with E-state index >= 15 is 0 Å². The summed E-state index contributed by atoms with van der Waals surface area (Å²) >= 11 is 1.26. The Morgan fingerprint density at radius 2 is 2.00 bits per heavy atom. The molecule has 150 valence electrons. The smallest absolute Gasteiger partial charge is 0.341 e. The highest BCUT2D eigenvalue weighted by atomic mass is 32.2. The predicted molar refractivity (Wildman–Crippen MR) is 101 cm³/mol. The van der Waals surface area contributed by atoms with Crippen LogP contribution in [-0.4, -0.2) is 51.0 Å². The van der Waals surface area contributed by atoms with Gasteiger partial charge in [0, 0.05) is 11.3 Å². The van der Waals surface area contributed by atoms with Crippen molar-refractivity contribution in [2.24, 2.45) is 5.92 Å². The Morgan fingerprint density at radius 3 is 2.59 bits per heavy atom. The standard InChI is InChI=1S/C17H23NO7S2/c1-3-12-8-13(17(21)24-4-2)16(26-12)18-14(19)9-25-15(20)7-11-5-6-27(22,23)10-11/h8,11H,3-7,9-10H2,1-2H3,(H,18,19)/t11-/m0/s1. The lowest BCUT2D eigenvalue weighted by molar-refractivity contribution is -0.148. The molecule has 1 aromatic heterocycles. The zero-order valence-corrected chi connectivity index (χ0v) is 16.9. The Morgan fingerprint density at radius 1 is 1.26 bits per heavy atom. The molecule has 2 heterocycles. The first kappa shape index (κ1) is 21.4. The molecule has 1 amide bonds. The summed E-state index contributed by atoms with van der Waals surface area (Å²) in [6, 6.07) is 1.67. The molecule has 0 saturated carbocycles. The third-order valence-corrected chi connectivity index (χ3v) is 7.06. The van der Waals surface area contributed by atoms with E-state index in [-0.39, 0.29) is 36.0 Å². The molecule has 0 aliphatic carbocycles. The number of rotatable bonds is 8. The van der Waals surface area contributed by atoms with Crippen molar-refractivity contribution in [2.45, 2.75) is 33.1 Å². The predicted octanol–water partition coefficient (Wildman–Crippen LogP) is 1.79. The molecule has 0 aromatic carbocycles. The van der Waals surface area contributed by atoms with Gasteiger partial charge < -0.3 is 14.8 Å². The van der Waals surface area contributed by atoms with E-state index in [1.54, 1.807) is 13.0 Å². The van der Waals surface area contributed by atoms with Gasteiger partial charge in [0.05, 0.1) is 23.7 Å². The summed E-state index contributed by atoms with van der Waals surface area (Å²) in [5.74, 6) is -1.91. The van der Waals surface area contributed by atoms with Crippen LogP contribution in [0.25, 0.3) is 0 Å². The average Bonchev–Trinajstić information content (AvgIpc) is 3.16. The molecule has 0 radical (unpaired) electrons. The number of sulfone groups is 1. The summed E-state index contributed by atoms with van der Waals surface area (Å²) < 4.78 is 32.7. The number of nitrogens with one attached hydrogen (secondary N) is 1. The lowest BCUT2D eigenvalue weighted by Crippen LogP contribution is -2.22. The summed E-state index contributed by atoms with van der Waals surface area (Å²) in [6.45, 7) is 3.34. The molecule has 1 saturated heterocycles. The Bertz CT molecular complexity index is 813.